The van der Waals surface area contributed by atoms with Gasteiger partial charge in [0.05, 0.1) is 6.42 Å². The first-order valence-corrected chi connectivity index (χ1v) is 6.46. The maximum atomic E-state index is 12.0. The first-order chi connectivity index (χ1) is 9.70. The van der Waals surface area contributed by atoms with Crippen LogP contribution in [0.4, 0.5) is 5.69 Å². The summed E-state index contributed by atoms with van der Waals surface area (Å²) in [6.07, 6.45) is 0.310. The van der Waals surface area contributed by atoms with Gasteiger partial charge in [-0.3, -0.25) is 4.79 Å². The van der Waals surface area contributed by atoms with Crippen LogP contribution in [0.5, 0.6) is 11.5 Å². The zero-order valence-corrected chi connectivity index (χ0v) is 11.2. The van der Waals surface area contributed by atoms with Crippen molar-refractivity contribution < 1.29 is 14.3 Å². The molecule has 1 heterocycles. The monoisotopic (exact) mass is 269 g/mol. The lowest BCUT2D eigenvalue weighted by Crippen LogP contribution is -2.14. The van der Waals surface area contributed by atoms with Crippen LogP contribution in [-0.4, -0.2) is 12.7 Å². The van der Waals surface area contributed by atoms with Crippen LogP contribution >= 0.6 is 0 Å². The van der Waals surface area contributed by atoms with E-state index in [1.54, 1.807) is 0 Å². The molecule has 1 N–H and O–H groups in total. The molecular formula is C16H15NO3. The number of nitrogens with one attached hydrogen (secondary N) is 1. The van der Waals surface area contributed by atoms with Crippen molar-refractivity contribution in [2.75, 3.05) is 12.1 Å². The minimum Gasteiger partial charge on any atom is -0.454 e. The summed E-state index contributed by atoms with van der Waals surface area (Å²) in [4.78, 5) is 12.0. The van der Waals surface area contributed by atoms with Crippen LogP contribution in [0, 0.1) is 6.92 Å². The van der Waals surface area contributed by atoms with Gasteiger partial charge in [0, 0.05) is 5.69 Å². The SMILES string of the molecule is Cc1ccc(NC(=O)Cc2ccc3c(c2)OCO3)cc1. The minimum absolute atomic E-state index is 0.0484. The fourth-order valence-electron chi connectivity index (χ4n) is 2.08. The molecule has 0 saturated heterocycles. The summed E-state index contributed by atoms with van der Waals surface area (Å²) in [6.45, 7) is 2.26. The lowest BCUT2D eigenvalue weighted by atomic mass is 10.1. The quantitative estimate of drug-likeness (QED) is 0.932. The maximum Gasteiger partial charge on any atom is 0.231 e. The van der Waals surface area contributed by atoms with Crippen LogP contribution in [0.25, 0.3) is 0 Å². The predicted molar refractivity (Wildman–Crippen MR) is 76.1 cm³/mol. The van der Waals surface area contributed by atoms with E-state index in [0.29, 0.717) is 12.2 Å². The lowest BCUT2D eigenvalue weighted by Gasteiger charge is -2.06. The molecule has 0 atom stereocenters. The highest BCUT2D eigenvalue weighted by Crippen LogP contribution is 2.32. The summed E-state index contributed by atoms with van der Waals surface area (Å²) in [7, 11) is 0. The second-order valence-electron chi connectivity index (χ2n) is 4.78. The summed E-state index contributed by atoms with van der Waals surface area (Å²) >= 11 is 0. The smallest absolute Gasteiger partial charge is 0.231 e. The third-order valence-corrected chi connectivity index (χ3v) is 3.14. The van der Waals surface area contributed by atoms with Gasteiger partial charge in [-0.15, -0.1) is 0 Å². The highest BCUT2D eigenvalue weighted by atomic mass is 16.7. The standard InChI is InChI=1S/C16H15NO3/c1-11-2-5-13(6-3-11)17-16(18)9-12-4-7-14-15(8-12)20-10-19-14/h2-8H,9-10H2,1H3,(H,17,18). The topological polar surface area (TPSA) is 47.6 Å². The molecule has 4 nitrogen and oxygen atoms in total. The van der Waals surface area contributed by atoms with Crippen LogP contribution in [0.2, 0.25) is 0 Å². The van der Waals surface area contributed by atoms with E-state index in [4.69, 9.17) is 9.47 Å². The number of rotatable bonds is 3. The largest absolute Gasteiger partial charge is 0.454 e. The summed E-state index contributed by atoms with van der Waals surface area (Å²) in [6, 6.07) is 13.3. The van der Waals surface area contributed by atoms with Crippen molar-refractivity contribution >= 4 is 11.6 Å². The third kappa shape index (κ3) is 2.74. The Hall–Kier alpha value is -2.49. The molecule has 2 aromatic rings. The van der Waals surface area contributed by atoms with E-state index in [1.165, 1.54) is 5.56 Å². The number of carbonyl (C=O) groups excluding carboxylic acids is 1. The molecular weight excluding hydrogens is 254 g/mol. The number of amides is 1. The summed E-state index contributed by atoms with van der Waals surface area (Å²) < 4.78 is 10.5. The summed E-state index contributed by atoms with van der Waals surface area (Å²) in [5, 5.41) is 2.87. The molecule has 0 radical (unpaired) electrons. The van der Waals surface area contributed by atoms with Gasteiger partial charge in [0.1, 0.15) is 0 Å². The molecule has 1 aliphatic heterocycles. The number of aryl methyl sites for hydroxylation is 1. The Morgan fingerprint density at radius 1 is 1.10 bits per heavy atom. The summed E-state index contributed by atoms with van der Waals surface area (Å²) in [5.41, 5.74) is 2.87. The third-order valence-electron chi connectivity index (χ3n) is 3.14. The van der Waals surface area contributed by atoms with Crippen molar-refractivity contribution in [1.29, 1.82) is 0 Å². The first kappa shape index (κ1) is 12.5. The van der Waals surface area contributed by atoms with E-state index in [-0.39, 0.29) is 12.7 Å². The van der Waals surface area contributed by atoms with Gasteiger partial charge in [0.25, 0.3) is 0 Å². The van der Waals surface area contributed by atoms with E-state index < -0.39 is 0 Å². The van der Waals surface area contributed by atoms with Crippen LogP contribution in [0.3, 0.4) is 0 Å². The van der Waals surface area contributed by atoms with E-state index in [9.17, 15) is 4.79 Å². The molecule has 1 aliphatic rings. The van der Waals surface area contributed by atoms with E-state index >= 15 is 0 Å². The van der Waals surface area contributed by atoms with E-state index in [0.717, 1.165) is 17.0 Å². The number of carbonyl (C=O) groups is 1. The average Bonchev–Trinajstić information content (AvgIpc) is 2.89. The van der Waals surface area contributed by atoms with E-state index in [2.05, 4.69) is 5.32 Å². The van der Waals surface area contributed by atoms with Gasteiger partial charge in [-0.2, -0.15) is 0 Å². The average molecular weight is 269 g/mol. The fraction of sp³-hybridized carbons (Fsp3) is 0.188. The molecule has 0 spiro atoms. The van der Waals surface area contributed by atoms with Gasteiger partial charge in [0.15, 0.2) is 11.5 Å². The van der Waals surface area contributed by atoms with Crippen molar-refractivity contribution in [3.05, 3.63) is 53.6 Å². The summed E-state index contributed by atoms with van der Waals surface area (Å²) in [5.74, 6) is 1.38. The normalized spacial score (nSPS) is 12.2. The molecule has 20 heavy (non-hydrogen) atoms. The van der Waals surface area contributed by atoms with Gasteiger partial charge in [-0.1, -0.05) is 23.8 Å². The van der Waals surface area contributed by atoms with E-state index in [1.807, 2.05) is 49.4 Å². The Morgan fingerprint density at radius 3 is 2.65 bits per heavy atom. The molecule has 0 aromatic heterocycles. The predicted octanol–water partition coefficient (Wildman–Crippen LogP) is 2.90. The minimum atomic E-state index is -0.0484. The molecule has 0 unspecified atom stereocenters. The Bertz CT molecular complexity index is 635. The Morgan fingerprint density at radius 2 is 1.85 bits per heavy atom. The molecule has 0 fully saturated rings. The number of ether oxygens (including phenoxy) is 2. The molecule has 4 heteroatoms. The van der Waals surface area contributed by atoms with Crippen LogP contribution in [0.15, 0.2) is 42.5 Å². The van der Waals surface area contributed by atoms with Gasteiger partial charge in [-0.25, -0.2) is 0 Å². The second-order valence-corrected chi connectivity index (χ2v) is 4.78. The molecule has 0 bridgehead atoms. The Balaban J connectivity index is 1.65. The first-order valence-electron chi connectivity index (χ1n) is 6.46. The van der Waals surface area contributed by atoms with Crippen molar-refractivity contribution in [2.45, 2.75) is 13.3 Å². The van der Waals surface area contributed by atoms with Gasteiger partial charge in [-0.05, 0) is 36.8 Å². The van der Waals surface area contributed by atoms with Gasteiger partial charge in [0.2, 0.25) is 12.7 Å². The van der Waals surface area contributed by atoms with Crippen LogP contribution in [-0.2, 0) is 11.2 Å². The molecule has 0 saturated carbocycles. The van der Waals surface area contributed by atoms with Crippen LogP contribution < -0.4 is 14.8 Å². The van der Waals surface area contributed by atoms with Crippen LogP contribution in [0.1, 0.15) is 11.1 Å². The number of hydrogen-bond donors (Lipinski definition) is 1. The molecule has 102 valence electrons. The number of benzene rings is 2. The molecule has 2 aromatic carbocycles. The highest BCUT2D eigenvalue weighted by Gasteiger charge is 2.14. The molecule has 3 rings (SSSR count). The Kier molecular flexibility index (Phi) is 3.29. The second kappa shape index (κ2) is 5.25. The van der Waals surface area contributed by atoms with Crippen molar-refractivity contribution in [2.24, 2.45) is 0 Å². The van der Waals surface area contributed by atoms with Crippen molar-refractivity contribution in [1.82, 2.24) is 0 Å². The van der Waals surface area contributed by atoms with Gasteiger partial charge >= 0.3 is 0 Å². The fourth-order valence-corrected chi connectivity index (χ4v) is 2.08. The van der Waals surface area contributed by atoms with Crippen molar-refractivity contribution in [3.8, 4) is 11.5 Å². The number of fused-ring (bicyclic) bond motifs is 1. The highest BCUT2D eigenvalue weighted by molar-refractivity contribution is 5.92. The molecule has 0 aliphatic carbocycles. The maximum absolute atomic E-state index is 12.0. The van der Waals surface area contributed by atoms with Gasteiger partial charge < -0.3 is 14.8 Å². The Labute approximate surface area is 117 Å². The molecule has 1 amide bonds. The zero-order valence-electron chi connectivity index (χ0n) is 11.2. The zero-order chi connectivity index (χ0) is 13.9. The van der Waals surface area contributed by atoms with Crippen molar-refractivity contribution in [3.63, 3.8) is 0 Å². The number of hydrogen-bond acceptors (Lipinski definition) is 3. The number of anilines is 1. The lowest BCUT2D eigenvalue weighted by molar-refractivity contribution is -0.115.